The summed E-state index contributed by atoms with van der Waals surface area (Å²) in [6.07, 6.45) is 3.89. The first-order chi connectivity index (χ1) is 8.31. The first kappa shape index (κ1) is 12.2. The van der Waals surface area contributed by atoms with Gasteiger partial charge in [0.25, 0.3) is 0 Å². The molecule has 5 nitrogen and oxygen atoms in total. The van der Waals surface area contributed by atoms with Gasteiger partial charge in [-0.2, -0.15) is 4.68 Å². The highest BCUT2D eigenvalue weighted by molar-refractivity contribution is 7.12. The number of rotatable bonds is 5. The van der Waals surface area contributed by atoms with Gasteiger partial charge in [0.2, 0.25) is 5.13 Å². The number of hydrogen-bond donors (Lipinski definition) is 1. The predicted octanol–water partition coefficient (Wildman–Crippen LogP) is 2.09. The highest BCUT2D eigenvalue weighted by Crippen LogP contribution is 2.27. The maximum absolute atomic E-state index is 5.73. The summed E-state index contributed by atoms with van der Waals surface area (Å²) < 4.78 is 1.84. The third-order valence-electron chi connectivity index (χ3n) is 2.94. The van der Waals surface area contributed by atoms with Gasteiger partial charge < -0.3 is 5.73 Å². The molecule has 17 heavy (non-hydrogen) atoms. The fourth-order valence-corrected chi connectivity index (χ4v) is 2.61. The molecule has 0 unspecified atom stereocenters. The highest BCUT2D eigenvalue weighted by Gasteiger charge is 2.21. The van der Waals surface area contributed by atoms with Gasteiger partial charge in [0.1, 0.15) is 5.69 Å². The van der Waals surface area contributed by atoms with E-state index in [1.54, 1.807) is 17.5 Å². The Kier molecular flexibility index (Phi) is 3.86. The molecule has 2 rings (SSSR count). The van der Waals surface area contributed by atoms with Crippen LogP contribution in [0.2, 0.25) is 0 Å². The van der Waals surface area contributed by atoms with E-state index < -0.39 is 0 Å². The van der Waals surface area contributed by atoms with Crippen molar-refractivity contribution in [1.82, 2.24) is 20.0 Å². The number of nitrogens with zero attached hydrogens (tertiary/aromatic N) is 4. The standard InChI is InChI=1S/C11H17N5S/c1-3-8(4-2)10-9(7-12)14-15-16(10)11-13-5-6-17-11/h5-6,8H,3-4,7,12H2,1-2H3. The molecule has 0 aliphatic heterocycles. The van der Waals surface area contributed by atoms with Gasteiger partial charge in [-0.3, -0.25) is 0 Å². The van der Waals surface area contributed by atoms with Gasteiger partial charge >= 0.3 is 0 Å². The number of nitrogens with two attached hydrogens (primary N) is 1. The summed E-state index contributed by atoms with van der Waals surface area (Å²) in [7, 11) is 0. The van der Waals surface area contributed by atoms with E-state index in [1.807, 2.05) is 10.1 Å². The van der Waals surface area contributed by atoms with Gasteiger partial charge in [-0.1, -0.05) is 19.1 Å². The van der Waals surface area contributed by atoms with Gasteiger partial charge in [-0.05, 0) is 12.8 Å². The molecule has 0 spiro atoms. The van der Waals surface area contributed by atoms with Crippen molar-refractivity contribution in [3.8, 4) is 5.13 Å². The fraction of sp³-hybridized carbons (Fsp3) is 0.545. The van der Waals surface area contributed by atoms with Crippen molar-refractivity contribution >= 4 is 11.3 Å². The summed E-state index contributed by atoms with van der Waals surface area (Å²) in [4.78, 5) is 4.28. The second kappa shape index (κ2) is 5.37. The summed E-state index contributed by atoms with van der Waals surface area (Å²) in [6, 6.07) is 0. The van der Waals surface area contributed by atoms with Crippen molar-refractivity contribution in [2.24, 2.45) is 5.73 Å². The van der Waals surface area contributed by atoms with E-state index >= 15 is 0 Å². The second-order valence-corrected chi connectivity index (χ2v) is 4.74. The SMILES string of the molecule is CCC(CC)c1c(CN)nnn1-c1nccs1. The summed E-state index contributed by atoms with van der Waals surface area (Å²) >= 11 is 1.56. The Morgan fingerprint density at radius 3 is 2.71 bits per heavy atom. The van der Waals surface area contributed by atoms with E-state index in [0.29, 0.717) is 12.5 Å². The van der Waals surface area contributed by atoms with Crippen LogP contribution in [-0.2, 0) is 6.54 Å². The quantitative estimate of drug-likeness (QED) is 0.883. The van der Waals surface area contributed by atoms with Crippen molar-refractivity contribution < 1.29 is 0 Å². The molecule has 0 amide bonds. The average Bonchev–Trinajstić information content (AvgIpc) is 2.98. The van der Waals surface area contributed by atoms with Crippen LogP contribution in [0.25, 0.3) is 5.13 Å². The monoisotopic (exact) mass is 251 g/mol. The van der Waals surface area contributed by atoms with Crippen molar-refractivity contribution in [2.75, 3.05) is 0 Å². The zero-order valence-corrected chi connectivity index (χ0v) is 10.9. The molecule has 0 fully saturated rings. The molecule has 0 saturated heterocycles. The van der Waals surface area contributed by atoms with Crippen LogP contribution in [0.4, 0.5) is 0 Å². The average molecular weight is 251 g/mol. The molecule has 2 N–H and O–H groups in total. The molecule has 92 valence electrons. The lowest BCUT2D eigenvalue weighted by Gasteiger charge is -2.14. The topological polar surface area (TPSA) is 69.6 Å². The van der Waals surface area contributed by atoms with Crippen LogP contribution in [0, 0.1) is 0 Å². The second-order valence-electron chi connectivity index (χ2n) is 3.87. The zero-order valence-electron chi connectivity index (χ0n) is 10.1. The van der Waals surface area contributed by atoms with Crippen LogP contribution in [0.1, 0.15) is 44.0 Å². The minimum absolute atomic E-state index is 0.428. The normalized spacial score (nSPS) is 11.3. The molecule has 0 atom stereocenters. The summed E-state index contributed by atoms with van der Waals surface area (Å²) in [6.45, 7) is 4.78. The lowest BCUT2D eigenvalue weighted by molar-refractivity contribution is 0.590. The smallest absolute Gasteiger partial charge is 0.211 e. The molecule has 6 heteroatoms. The largest absolute Gasteiger partial charge is 0.325 e. The molecule has 2 aromatic rings. The Morgan fingerprint density at radius 2 is 2.18 bits per heavy atom. The van der Waals surface area contributed by atoms with Crippen LogP contribution >= 0.6 is 11.3 Å². The third-order valence-corrected chi connectivity index (χ3v) is 3.69. The van der Waals surface area contributed by atoms with E-state index in [0.717, 1.165) is 29.4 Å². The van der Waals surface area contributed by atoms with Crippen molar-refractivity contribution in [3.05, 3.63) is 23.0 Å². The maximum Gasteiger partial charge on any atom is 0.211 e. The van der Waals surface area contributed by atoms with Crippen LogP contribution in [0.3, 0.4) is 0 Å². The zero-order chi connectivity index (χ0) is 12.3. The fourth-order valence-electron chi connectivity index (χ4n) is 2.01. The van der Waals surface area contributed by atoms with E-state index in [-0.39, 0.29) is 0 Å². The van der Waals surface area contributed by atoms with Gasteiger partial charge in [-0.25, -0.2) is 4.98 Å². The van der Waals surface area contributed by atoms with E-state index in [2.05, 4.69) is 29.1 Å². The van der Waals surface area contributed by atoms with Crippen molar-refractivity contribution in [2.45, 2.75) is 39.2 Å². The Balaban J connectivity index is 2.49. The molecule has 0 saturated carbocycles. The lowest BCUT2D eigenvalue weighted by atomic mass is 9.97. The highest BCUT2D eigenvalue weighted by atomic mass is 32.1. The molecule has 0 radical (unpaired) electrons. The van der Waals surface area contributed by atoms with E-state index in [4.69, 9.17) is 5.73 Å². The van der Waals surface area contributed by atoms with Gasteiger partial charge in [0, 0.05) is 24.0 Å². The van der Waals surface area contributed by atoms with Crippen molar-refractivity contribution in [1.29, 1.82) is 0 Å². The predicted molar refractivity (Wildman–Crippen MR) is 68.2 cm³/mol. The molecule has 0 aliphatic carbocycles. The number of hydrogen-bond acceptors (Lipinski definition) is 5. The van der Waals surface area contributed by atoms with E-state index in [1.165, 1.54) is 0 Å². The number of aromatic nitrogens is 4. The third kappa shape index (κ3) is 2.23. The Labute approximate surface area is 105 Å². The minimum atomic E-state index is 0.428. The molecule has 0 aliphatic rings. The van der Waals surface area contributed by atoms with Gasteiger partial charge in [0.05, 0.1) is 5.69 Å². The molecular weight excluding hydrogens is 234 g/mol. The van der Waals surface area contributed by atoms with Gasteiger partial charge in [-0.15, -0.1) is 16.4 Å². The van der Waals surface area contributed by atoms with Crippen LogP contribution in [-0.4, -0.2) is 20.0 Å². The van der Waals surface area contributed by atoms with Crippen LogP contribution in [0.5, 0.6) is 0 Å². The minimum Gasteiger partial charge on any atom is -0.325 e. The summed E-state index contributed by atoms with van der Waals surface area (Å²) in [5.41, 5.74) is 7.73. The number of thiazole rings is 1. The summed E-state index contributed by atoms with van der Waals surface area (Å²) in [5.74, 6) is 0.437. The van der Waals surface area contributed by atoms with Crippen LogP contribution in [0.15, 0.2) is 11.6 Å². The molecule has 2 heterocycles. The molecule has 2 aromatic heterocycles. The molecule has 0 aromatic carbocycles. The molecule has 0 bridgehead atoms. The van der Waals surface area contributed by atoms with Gasteiger partial charge in [0.15, 0.2) is 0 Å². The first-order valence-electron chi connectivity index (χ1n) is 5.86. The molecular formula is C11H17N5S. The summed E-state index contributed by atoms with van der Waals surface area (Å²) in [5, 5.41) is 11.1. The maximum atomic E-state index is 5.73. The van der Waals surface area contributed by atoms with Crippen LogP contribution < -0.4 is 5.73 Å². The first-order valence-corrected chi connectivity index (χ1v) is 6.74. The van der Waals surface area contributed by atoms with E-state index in [9.17, 15) is 0 Å². The van der Waals surface area contributed by atoms with Crippen molar-refractivity contribution in [3.63, 3.8) is 0 Å². The Bertz CT molecular complexity index is 458. The lowest BCUT2D eigenvalue weighted by Crippen LogP contribution is -2.10. The Hall–Kier alpha value is -1.27. The Morgan fingerprint density at radius 1 is 1.41 bits per heavy atom.